The van der Waals surface area contributed by atoms with Crippen LogP contribution in [0.2, 0.25) is 0 Å². The molecule has 0 aliphatic carbocycles. The van der Waals surface area contributed by atoms with Gasteiger partial charge in [0.15, 0.2) is 0 Å². The van der Waals surface area contributed by atoms with Gasteiger partial charge in [0.05, 0.1) is 0 Å². The Labute approximate surface area is 182 Å². The number of carboxylic acid groups (broad SMARTS) is 1. The summed E-state index contributed by atoms with van der Waals surface area (Å²) in [6.45, 7) is 6.19. The van der Waals surface area contributed by atoms with Crippen LogP contribution in [0.25, 0.3) is 0 Å². The second kappa shape index (κ2) is 11.7. The van der Waals surface area contributed by atoms with Crippen LogP contribution in [-0.2, 0) is 16.1 Å². The van der Waals surface area contributed by atoms with E-state index in [1.54, 1.807) is 0 Å². The molecule has 166 valence electrons. The van der Waals surface area contributed by atoms with Crippen LogP contribution in [-0.4, -0.2) is 35.7 Å². The van der Waals surface area contributed by atoms with E-state index in [1.165, 1.54) is 0 Å². The first-order chi connectivity index (χ1) is 14.8. The molecule has 0 saturated carbocycles. The molecule has 31 heavy (non-hydrogen) atoms. The number of carbonyl (C=O) groups is 3. The van der Waals surface area contributed by atoms with Gasteiger partial charge in [0.1, 0.15) is 12.6 Å². The van der Waals surface area contributed by atoms with Crippen molar-refractivity contribution in [1.29, 1.82) is 0 Å². The number of nitrogens with one attached hydrogen (secondary N) is 2. The van der Waals surface area contributed by atoms with Crippen LogP contribution in [0.1, 0.15) is 51.9 Å². The van der Waals surface area contributed by atoms with Gasteiger partial charge >= 0.3 is 12.1 Å². The normalized spacial score (nSPS) is 11.5. The minimum Gasteiger partial charge on any atom is -0.480 e. The molecule has 2 rings (SSSR count). The molecule has 0 radical (unpaired) electrons. The average Bonchev–Trinajstić information content (AvgIpc) is 2.71. The Morgan fingerprint density at radius 1 is 1.00 bits per heavy atom. The van der Waals surface area contributed by atoms with Crippen molar-refractivity contribution in [3.63, 3.8) is 0 Å². The van der Waals surface area contributed by atoms with Crippen molar-refractivity contribution in [2.45, 2.75) is 52.7 Å². The molecule has 2 amide bonds. The van der Waals surface area contributed by atoms with E-state index in [2.05, 4.69) is 10.6 Å². The number of benzene rings is 2. The molecule has 0 aliphatic rings. The highest BCUT2D eigenvalue weighted by atomic mass is 16.5. The van der Waals surface area contributed by atoms with Gasteiger partial charge in [-0.3, -0.25) is 4.79 Å². The highest BCUT2D eigenvalue weighted by molar-refractivity contribution is 5.99. The molecule has 0 saturated heterocycles. The van der Waals surface area contributed by atoms with Crippen molar-refractivity contribution in [1.82, 2.24) is 10.6 Å². The van der Waals surface area contributed by atoms with Crippen molar-refractivity contribution in [2.75, 3.05) is 6.54 Å². The molecule has 2 aromatic rings. The molecule has 7 nitrogen and oxygen atoms in total. The monoisotopic (exact) mass is 426 g/mol. The molecule has 0 aliphatic heterocycles. The Bertz CT molecular complexity index is 888. The van der Waals surface area contributed by atoms with Gasteiger partial charge in [-0.1, -0.05) is 48.0 Å². The Morgan fingerprint density at radius 3 is 2.26 bits per heavy atom. The SMILES string of the molecule is Cc1cc(C)c(C(=O)NC(CCCCNC(=O)OCc2ccccc2)C(=O)O)c(C)c1. The number of amides is 2. The molecular weight excluding hydrogens is 396 g/mol. The second-order valence-corrected chi connectivity index (χ2v) is 7.62. The van der Waals surface area contributed by atoms with Crippen molar-refractivity contribution < 1.29 is 24.2 Å². The number of aliphatic carboxylic acids is 1. The highest BCUT2D eigenvalue weighted by Crippen LogP contribution is 2.17. The maximum absolute atomic E-state index is 12.6. The van der Waals surface area contributed by atoms with Crippen molar-refractivity contribution >= 4 is 18.0 Å². The van der Waals surface area contributed by atoms with E-state index >= 15 is 0 Å². The molecule has 0 spiro atoms. The highest BCUT2D eigenvalue weighted by Gasteiger charge is 2.22. The van der Waals surface area contributed by atoms with E-state index in [0.717, 1.165) is 22.3 Å². The van der Waals surface area contributed by atoms with E-state index in [4.69, 9.17) is 4.74 Å². The summed E-state index contributed by atoms with van der Waals surface area (Å²) in [5, 5.41) is 14.7. The second-order valence-electron chi connectivity index (χ2n) is 7.62. The van der Waals surface area contributed by atoms with Crippen LogP contribution < -0.4 is 10.6 Å². The Morgan fingerprint density at radius 2 is 1.65 bits per heavy atom. The summed E-state index contributed by atoms with van der Waals surface area (Å²) in [6.07, 6.45) is 0.855. The van der Waals surface area contributed by atoms with E-state index in [1.807, 2.05) is 63.2 Å². The first-order valence-corrected chi connectivity index (χ1v) is 10.3. The number of ether oxygens (including phenoxy) is 1. The first kappa shape index (κ1) is 23.9. The molecule has 1 unspecified atom stereocenters. The lowest BCUT2D eigenvalue weighted by molar-refractivity contribution is -0.139. The largest absolute Gasteiger partial charge is 0.480 e. The molecule has 0 fully saturated rings. The third-order valence-corrected chi connectivity index (χ3v) is 4.91. The fraction of sp³-hybridized carbons (Fsp3) is 0.375. The lowest BCUT2D eigenvalue weighted by Crippen LogP contribution is -2.41. The molecule has 0 aromatic heterocycles. The van der Waals surface area contributed by atoms with E-state index in [-0.39, 0.29) is 18.9 Å². The van der Waals surface area contributed by atoms with Crippen molar-refractivity contribution in [2.24, 2.45) is 0 Å². The number of rotatable bonds is 10. The molecule has 1 atom stereocenters. The van der Waals surface area contributed by atoms with Crippen LogP contribution in [0.3, 0.4) is 0 Å². The fourth-order valence-corrected chi connectivity index (χ4v) is 3.46. The standard InChI is InChI=1S/C24H30N2O5/c1-16-13-17(2)21(18(3)14-16)22(27)26-20(23(28)29)11-7-8-12-25-24(30)31-15-19-9-5-4-6-10-19/h4-6,9-10,13-14,20H,7-8,11-12,15H2,1-3H3,(H,25,30)(H,26,27)(H,28,29). The summed E-state index contributed by atoms with van der Waals surface area (Å²) >= 11 is 0. The zero-order valence-corrected chi connectivity index (χ0v) is 18.2. The first-order valence-electron chi connectivity index (χ1n) is 10.3. The lowest BCUT2D eigenvalue weighted by Gasteiger charge is -2.17. The quantitative estimate of drug-likeness (QED) is 0.500. The summed E-state index contributed by atoms with van der Waals surface area (Å²) in [4.78, 5) is 35.9. The van der Waals surface area contributed by atoms with Crippen LogP contribution in [0, 0.1) is 20.8 Å². The number of hydrogen-bond donors (Lipinski definition) is 3. The Balaban J connectivity index is 1.74. The Hall–Kier alpha value is -3.35. The number of alkyl carbamates (subject to hydrolysis) is 1. The fourth-order valence-electron chi connectivity index (χ4n) is 3.46. The van der Waals surface area contributed by atoms with Crippen molar-refractivity contribution in [3.8, 4) is 0 Å². The number of hydrogen-bond acceptors (Lipinski definition) is 4. The average molecular weight is 427 g/mol. The maximum Gasteiger partial charge on any atom is 0.407 e. The lowest BCUT2D eigenvalue weighted by atomic mass is 9.98. The molecular formula is C24H30N2O5. The van der Waals surface area contributed by atoms with Gasteiger partial charge in [-0.05, 0) is 56.7 Å². The van der Waals surface area contributed by atoms with E-state index in [9.17, 15) is 19.5 Å². The molecule has 0 bridgehead atoms. The molecule has 7 heteroatoms. The zero-order chi connectivity index (χ0) is 22.8. The number of carboxylic acids is 1. The van der Waals surface area contributed by atoms with Gasteiger partial charge in [-0.2, -0.15) is 0 Å². The van der Waals surface area contributed by atoms with Gasteiger partial charge < -0.3 is 20.5 Å². The summed E-state index contributed by atoms with van der Waals surface area (Å²) < 4.78 is 5.13. The molecule has 0 heterocycles. The summed E-state index contributed by atoms with van der Waals surface area (Å²) in [7, 11) is 0. The topological polar surface area (TPSA) is 105 Å². The van der Waals surface area contributed by atoms with Gasteiger partial charge in [0.2, 0.25) is 0 Å². The minimum absolute atomic E-state index is 0.192. The van der Waals surface area contributed by atoms with Crippen LogP contribution in [0.4, 0.5) is 4.79 Å². The van der Waals surface area contributed by atoms with Gasteiger partial charge in [-0.15, -0.1) is 0 Å². The minimum atomic E-state index is -1.08. The Kier molecular flexibility index (Phi) is 9.06. The molecule has 3 N–H and O–H groups in total. The number of unbranched alkanes of at least 4 members (excludes halogenated alkanes) is 1. The van der Waals surface area contributed by atoms with Gasteiger partial charge in [-0.25, -0.2) is 9.59 Å². The van der Waals surface area contributed by atoms with Crippen LogP contribution in [0.5, 0.6) is 0 Å². The maximum atomic E-state index is 12.6. The summed E-state index contributed by atoms with van der Waals surface area (Å²) in [5.74, 6) is -1.46. The number of aryl methyl sites for hydroxylation is 3. The van der Waals surface area contributed by atoms with Crippen LogP contribution >= 0.6 is 0 Å². The van der Waals surface area contributed by atoms with E-state index in [0.29, 0.717) is 24.9 Å². The predicted octanol–water partition coefficient (Wildman–Crippen LogP) is 3.89. The zero-order valence-electron chi connectivity index (χ0n) is 18.2. The summed E-state index contributed by atoms with van der Waals surface area (Å²) in [5.41, 5.74) is 4.10. The molecule has 2 aromatic carbocycles. The predicted molar refractivity (Wildman–Crippen MR) is 118 cm³/mol. The van der Waals surface area contributed by atoms with Crippen molar-refractivity contribution in [3.05, 3.63) is 70.3 Å². The smallest absolute Gasteiger partial charge is 0.407 e. The third-order valence-electron chi connectivity index (χ3n) is 4.91. The number of carbonyl (C=O) groups excluding carboxylic acids is 2. The van der Waals surface area contributed by atoms with Crippen LogP contribution in [0.15, 0.2) is 42.5 Å². The summed E-state index contributed by atoms with van der Waals surface area (Å²) in [6, 6.07) is 12.2. The van der Waals surface area contributed by atoms with Gasteiger partial charge in [0, 0.05) is 12.1 Å². The van der Waals surface area contributed by atoms with Gasteiger partial charge in [0.25, 0.3) is 5.91 Å². The van der Waals surface area contributed by atoms with E-state index < -0.39 is 18.1 Å². The third kappa shape index (κ3) is 7.77.